The molecule has 26 heavy (non-hydrogen) atoms. The molecule has 1 amide bonds. The molecule has 0 atom stereocenters. The molecule has 1 aromatic carbocycles. The number of hydrogen-bond acceptors (Lipinski definition) is 4. The number of amides is 1. The van der Waals surface area contributed by atoms with E-state index in [1.807, 2.05) is 36.7 Å². The van der Waals surface area contributed by atoms with Gasteiger partial charge in [-0.1, -0.05) is 12.1 Å². The fourth-order valence-electron chi connectivity index (χ4n) is 2.77. The largest absolute Gasteiger partial charge is 0.352 e. The zero-order valence-corrected chi connectivity index (χ0v) is 14.8. The first kappa shape index (κ1) is 17.6. The summed E-state index contributed by atoms with van der Waals surface area (Å²) in [5.41, 5.74) is 3.87. The van der Waals surface area contributed by atoms with Gasteiger partial charge in [-0.05, 0) is 44.0 Å². The van der Waals surface area contributed by atoms with Gasteiger partial charge in [0.25, 0.3) is 5.91 Å². The van der Waals surface area contributed by atoms with Gasteiger partial charge in [0.1, 0.15) is 0 Å². The Hall–Kier alpha value is -3.22. The molecule has 2 aromatic heterocycles. The summed E-state index contributed by atoms with van der Waals surface area (Å²) < 4.78 is 1.95. The second-order valence-electron chi connectivity index (χ2n) is 6.15. The SMILES string of the molecule is Cc1cc(C)n(CCCNC(=O)c2cccc(-c3cnc(=O)[nH]c3)c2)n1. The van der Waals surface area contributed by atoms with Gasteiger partial charge in [-0.2, -0.15) is 5.10 Å². The third-order valence-corrected chi connectivity index (χ3v) is 4.07. The molecule has 7 nitrogen and oxygen atoms in total. The molecule has 2 N–H and O–H groups in total. The smallest absolute Gasteiger partial charge is 0.344 e. The van der Waals surface area contributed by atoms with E-state index < -0.39 is 5.69 Å². The van der Waals surface area contributed by atoms with Crippen LogP contribution in [0.3, 0.4) is 0 Å². The number of aromatic amines is 1. The standard InChI is InChI=1S/C19H21N5O2/c1-13-9-14(2)24(23-13)8-4-7-20-18(25)16-6-3-5-15(10-16)17-11-21-19(26)22-12-17/h3,5-6,9-12H,4,7-8H2,1-2H3,(H,20,25)(H,21,22,26). The topological polar surface area (TPSA) is 92.7 Å². The molecule has 0 aliphatic rings. The molecule has 0 fully saturated rings. The number of benzene rings is 1. The minimum atomic E-state index is -0.398. The van der Waals surface area contributed by atoms with E-state index in [0.717, 1.165) is 35.5 Å². The van der Waals surface area contributed by atoms with Crippen molar-refractivity contribution in [2.75, 3.05) is 6.54 Å². The van der Waals surface area contributed by atoms with Crippen LogP contribution in [-0.2, 0) is 6.54 Å². The van der Waals surface area contributed by atoms with E-state index in [-0.39, 0.29) is 5.91 Å². The van der Waals surface area contributed by atoms with Gasteiger partial charge >= 0.3 is 5.69 Å². The van der Waals surface area contributed by atoms with Crippen LogP contribution >= 0.6 is 0 Å². The molecular weight excluding hydrogens is 330 g/mol. The summed E-state index contributed by atoms with van der Waals surface area (Å²) in [6, 6.07) is 9.26. The number of hydrogen-bond donors (Lipinski definition) is 2. The zero-order chi connectivity index (χ0) is 18.5. The number of carbonyl (C=O) groups is 1. The highest BCUT2D eigenvalue weighted by Crippen LogP contribution is 2.18. The Morgan fingerprint density at radius 2 is 2.08 bits per heavy atom. The van der Waals surface area contributed by atoms with E-state index >= 15 is 0 Å². The fourth-order valence-corrected chi connectivity index (χ4v) is 2.77. The van der Waals surface area contributed by atoms with Crippen LogP contribution < -0.4 is 11.0 Å². The summed E-state index contributed by atoms with van der Waals surface area (Å²) in [6.07, 6.45) is 3.88. The maximum Gasteiger partial charge on any atom is 0.344 e. The Morgan fingerprint density at radius 1 is 1.23 bits per heavy atom. The van der Waals surface area contributed by atoms with Crippen LogP contribution in [0.1, 0.15) is 28.2 Å². The van der Waals surface area contributed by atoms with E-state index in [1.165, 1.54) is 6.20 Å². The van der Waals surface area contributed by atoms with Crippen LogP contribution in [0.2, 0.25) is 0 Å². The predicted molar refractivity (Wildman–Crippen MR) is 98.9 cm³/mol. The third-order valence-electron chi connectivity index (χ3n) is 4.07. The molecule has 134 valence electrons. The zero-order valence-electron chi connectivity index (χ0n) is 14.8. The van der Waals surface area contributed by atoms with E-state index in [2.05, 4.69) is 20.4 Å². The molecule has 2 heterocycles. The summed E-state index contributed by atoms with van der Waals surface area (Å²) >= 11 is 0. The first-order chi connectivity index (χ1) is 12.5. The fraction of sp³-hybridized carbons (Fsp3) is 0.263. The highest BCUT2D eigenvalue weighted by atomic mass is 16.1. The van der Waals surface area contributed by atoms with Crippen LogP contribution in [0.25, 0.3) is 11.1 Å². The molecule has 0 spiro atoms. The summed E-state index contributed by atoms with van der Waals surface area (Å²) in [6.45, 7) is 5.33. The van der Waals surface area contributed by atoms with E-state index in [4.69, 9.17) is 0 Å². The molecule has 0 saturated heterocycles. The Morgan fingerprint density at radius 3 is 2.77 bits per heavy atom. The van der Waals surface area contributed by atoms with Gasteiger partial charge in [0.2, 0.25) is 0 Å². The van der Waals surface area contributed by atoms with Crippen molar-refractivity contribution in [3.05, 3.63) is 70.2 Å². The molecule has 0 bridgehead atoms. The van der Waals surface area contributed by atoms with Crippen molar-refractivity contribution in [1.82, 2.24) is 25.1 Å². The number of aromatic nitrogens is 4. The average Bonchev–Trinajstić information content (AvgIpc) is 2.96. The van der Waals surface area contributed by atoms with Crippen molar-refractivity contribution in [2.45, 2.75) is 26.8 Å². The Balaban J connectivity index is 1.58. The van der Waals surface area contributed by atoms with Crippen LogP contribution in [-0.4, -0.2) is 32.2 Å². The van der Waals surface area contributed by atoms with Crippen molar-refractivity contribution in [1.29, 1.82) is 0 Å². The Kier molecular flexibility index (Phi) is 5.26. The van der Waals surface area contributed by atoms with Crippen molar-refractivity contribution in [3.63, 3.8) is 0 Å². The quantitative estimate of drug-likeness (QED) is 0.665. The molecule has 7 heteroatoms. The van der Waals surface area contributed by atoms with Gasteiger partial charge in [-0.15, -0.1) is 0 Å². The molecule has 0 aliphatic heterocycles. The average molecular weight is 351 g/mol. The second kappa shape index (κ2) is 7.77. The lowest BCUT2D eigenvalue weighted by atomic mass is 10.1. The highest BCUT2D eigenvalue weighted by molar-refractivity contribution is 5.95. The number of nitrogens with one attached hydrogen (secondary N) is 2. The lowest BCUT2D eigenvalue weighted by Gasteiger charge is -2.08. The van der Waals surface area contributed by atoms with Gasteiger partial charge in [0.05, 0.1) is 5.69 Å². The minimum Gasteiger partial charge on any atom is -0.352 e. The van der Waals surface area contributed by atoms with Crippen molar-refractivity contribution < 1.29 is 4.79 Å². The van der Waals surface area contributed by atoms with Gasteiger partial charge in [-0.3, -0.25) is 9.48 Å². The molecule has 3 aromatic rings. The third kappa shape index (κ3) is 4.24. The molecule has 0 unspecified atom stereocenters. The number of H-pyrrole nitrogens is 1. The molecule has 0 saturated carbocycles. The maximum atomic E-state index is 12.4. The second-order valence-corrected chi connectivity index (χ2v) is 6.15. The van der Waals surface area contributed by atoms with Gasteiger partial charge in [0, 0.05) is 42.3 Å². The summed E-state index contributed by atoms with van der Waals surface area (Å²) in [5, 5.41) is 7.34. The minimum absolute atomic E-state index is 0.127. The predicted octanol–water partition coefficient (Wildman–Crippen LogP) is 2.07. The maximum absolute atomic E-state index is 12.4. The lowest BCUT2D eigenvalue weighted by Crippen LogP contribution is -2.25. The van der Waals surface area contributed by atoms with E-state index in [1.54, 1.807) is 18.3 Å². The number of carbonyl (C=O) groups excluding carboxylic acids is 1. The van der Waals surface area contributed by atoms with Crippen LogP contribution in [0.4, 0.5) is 0 Å². The van der Waals surface area contributed by atoms with Crippen molar-refractivity contribution in [2.24, 2.45) is 0 Å². The van der Waals surface area contributed by atoms with E-state index in [9.17, 15) is 9.59 Å². The van der Waals surface area contributed by atoms with Crippen LogP contribution in [0, 0.1) is 13.8 Å². The Labute approximate surface area is 151 Å². The van der Waals surface area contributed by atoms with Crippen molar-refractivity contribution in [3.8, 4) is 11.1 Å². The molecular formula is C19H21N5O2. The first-order valence-corrected chi connectivity index (χ1v) is 8.47. The number of aryl methyl sites for hydroxylation is 3. The van der Waals surface area contributed by atoms with Crippen LogP contribution in [0.5, 0.6) is 0 Å². The van der Waals surface area contributed by atoms with E-state index in [0.29, 0.717) is 12.1 Å². The van der Waals surface area contributed by atoms with Crippen LogP contribution in [0.15, 0.2) is 47.5 Å². The monoisotopic (exact) mass is 351 g/mol. The first-order valence-electron chi connectivity index (χ1n) is 8.47. The van der Waals surface area contributed by atoms with Gasteiger partial charge < -0.3 is 10.3 Å². The Bertz CT molecular complexity index is 954. The highest BCUT2D eigenvalue weighted by Gasteiger charge is 2.07. The lowest BCUT2D eigenvalue weighted by molar-refractivity contribution is 0.0952. The van der Waals surface area contributed by atoms with Gasteiger partial charge in [-0.25, -0.2) is 9.78 Å². The molecule has 3 rings (SSSR count). The normalized spacial score (nSPS) is 10.7. The number of nitrogens with zero attached hydrogens (tertiary/aromatic N) is 3. The van der Waals surface area contributed by atoms with Crippen molar-refractivity contribution >= 4 is 5.91 Å². The molecule has 0 aliphatic carbocycles. The molecule has 0 radical (unpaired) electrons. The van der Waals surface area contributed by atoms with Gasteiger partial charge in [0.15, 0.2) is 0 Å². The summed E-state index contributed by atoms with van der Waals surface area (Å²) in [7, 11) is 0. The number of rotatable bonds is 6. The summed E-state index contributed by atoms with van der Waals surface area (Å²) in [4.78, 5) is 29.7. The summed E-state index contributed by atoms with van der Waals surface area (Å²) in [5.74, 6) is -0.127.